The first-order valence-electron chi connectivity index (χ1n) is 9.21. The van der Waals surface area contributed by atoms with Crippen LogP contribution in [0.2, 0.25) is 10.0 Å². The molecule has 150 valence electrons. The summed E-state index contributed by atoms with van der Waals surface area (Å²) in [6.07, 6.45) is -0.0339. The van der Waals surface area contributed by atoms with E-state index in [0.717, 1.165) is 10.2 Å². The molecule has 0 saturated carbocycles. The van der Waals surface area contributed by atoms with Gasteiger partial charge in [0.15, 0.2) is 5.78 Å². The Morgan fingerprint density at radius 1 is 0.933 bits per heavy atom. The fourth-order valence-electron chi connectivity index (χ4n) is 3.11. The van der Waals surface area contributed by atoms with Crippen molar-refractivity contribution in [3.05, 3.63) is 93.4 Å². The van der Waals surface area contributed by atoms with Crippen molar-refractivity contribution in [2.75, 3.05) is 5.32 Å². The quantitative estimate of drug-likeness (QED) is 0.334. The maximum atomic E-state index is 13.3. The number of hydrogen-bond donors (Lipinski definition) is 1. The number of carbonyl (C=O) groups excluding carboxylic acids is 2. The van der Waals surface area contributed by atoms with Crippen LogP contribution in [0.5, 0.6) is 0 Å². The van der Waals surface area contributed by atoms with Gasteiger partial charge >= 0.3 is 0 Å². The number of halogens is 2. The van der Waals surface area contributed by atoms with Crippen LogP contribution in [0.1, 0.15) is 27.7 Å². The number of benzene rings is 3. The number of anilines is 1. The third kappa shape index (κ3) is 4.54. The molecule has 7 heteroatoms. The first-order chi connectivity index (χ1) is 14.5. The lowest BCUT2D eigenvalue weighted by molar-refractivity contribution is -0.116. The van der Waals surface area contributed by atoms with Crippen molar-refractivity contribution in [2.45, 2.75) is 12.3 Å². The molecule has 3 aromatic carbocycles. The van der Waals surface area contributed by atoms with Crippen LogP contribution in [0.4, 0.5) is 5.69 Å². The molecule has 0 saturated heterocycles. The van der Waals surface area contributed by atoms with Gasteiger partial charge in [0.2, 0.25) is 5.91 Å². The topological polar surface area (TPSA) is 59.1 Å². The second kappa shape index (κ2) is 8.96. The molecule has 4 aromatic rings. The maximum absolute atomic E-state index is 13.3. The smallest absolute Gasteiger partial charge is 0.225 e. The van der Waals surface area contributed by atoms with Crippen LogP contribution in [0.15, 0.2) is 72.8 Å². The zero-order valence-corrected chi connectivity index (χ0v) is 18.0. The molecule has 1 atom stereocenters. The van der Waals surface area contributed by atoms with E-state index in [1.807, 2.05) is 30.3 Å². The zero-order chi connectivity index (χ0) is 21.1. The summed E-state index contributed by atoms with van der Waals surface area (Å²) in [6, 6.07) is 21.5. The highest BCUT2D eigenvalue weighted by Crippen LogP contribution is 2.32. The van der Waals surface area contributed by atoms with E-state index in [4.69, 9.17) is 23.2 Å². The number of aromatic nitrogens is 1. The lowest BCUT2D eigenvalue weighted by Crippen LogP contribution is -2.21. The summed E-state index contributed by atoms with van der Waals surface area (Å²) >= 11 is 13.4. The Bertz CT molecular complexity index is 1190. The van der Waals surface area contributed by atoms with Crippen molar-refractivity contribution in [3.8, 4) is 0 Å². The number of hydrogen-bond acceptors (Lipinski definition) is 4. The molecule has 30 heavy (non-hydrogen) atoms. The highest BCUT2D eigenvalue weighted by molar-refractivity contribution is 7.18. The molecular formula is C23H16Cl2N2O2S. The van der Waals surface area contributed by atoms with Crippen molar-refractivity contribution in [1.82, 2.24) is 4.98 Å². The summed E-state index contributed by atoms with van der Waals surface area (Å²) in [5, 5.41) is 4.16. The Hall–Kier alpha value is -2.73. The SMILES string of the molecule is O=C(C[C@@H](C(=O)c1ccccc1)c1nc2ccccc2s1)Nc1ccc(Cl)c(Cl)c1. The minimum absolute atomic E-state index is 0.0339. The molecule has 0 unspecified atom stereocenters. The summed E-state index contributed by atoms with van der Waals surface area (Å²) in [5.41, 5.74) is 1.88. The second-order valence-electron chi connectivity index (χ2n) is 6.68. The molecule has 4 nitrogen and oxygen atoms in total. The van der Waals surface area contributed by atoms with Crippen molar-refractivity contribution >= 4 is 62.1 Å². The van der Waals surface area contributed by atoms with Gasteiger partial charge in [-0.25, -0.2) is 4.98 Å². The van der Waals surface area contributed by atoms with Crippen LogP contribution >= 0.6 is 34.5 Å². The van der Waals surface area contributed by atoms with E-state index in [1.54, 1.807) is 42.5 Å². The first kappa shape index (κ1) is 20.5. The lowest BCUT2D eigenvalue weighted by atomic mass is 9.94. The number of nitrogens with zero attached hydrogens (tertiary/aromatic N) is 1. The Balaban J connectivity index is 1.63. The molecule has 4 rings (SSSR count). The summed E-state index contributed by atoms with van der Waals surface area (Å²) < 4.78 is 0.975. The highest BCUT2D eigenvalue weighted by Gasteiger charge is 2.28. The van der Waals surface area contributed by atoms with Gasteiger partial charge in [-0.3, -0.25) is 9.59 Å². The van der Waals surface area contributed by atoms with Crippen LogP contribution in [0, 0.1) is 0 Å². The number of thiazole rings is 1. The summed E-state index contributed by atoms with van der Waals surface area (Å²) in [5.74, 6) is -1.13. The number of ketones is 1. The van der Waals surface area contributed by atoms with Gasteiger partial charge in [0.05, 0.1) is 26.2 Å². The van der Waals surface area contributed by atoms with Gasteiger partial charge in [-0.2, -0.15) is 0 Å². The Morgan fingerprint density at radius 3 is 2.40 bits per heavy atom. The first-order valence-corrected chi connectivity index (χ1v) is 10.8. The van der Waals surface area contributed by atoms with E-state index in [0.29, 0.717) is 26.3 Å². The molecule has 0 fully saturated rings. The van der Waals surface area contributed by atoms with E-state index in [-0.39, 0.29) is 18.1 Å². The average molecular weight is 455 g/mol. The number of Topliss-reactive ketones (excluding diaryl/α,β-unsaturated/α-hetero) is 1. The Labute approximate surface area is 187 Å². The van der Waals surface area contributed by atoms with Gasteiger partial charge in [-0.05, 0) is 30.3 Å². The minimum atomic E-state index is -0.687. The van der Waals surface area contributed by atoms with Gasteiger partial charge in [0.25, 0.3) is 0 Å². The summed E-state index contributed by atoms with van der Waals surface area (Å²) in [7, 11) is 0. The second-order valence-corrected chi connectivity index (χ2v) is 8.56. The molecule has 0 aliphatic heterocycles. The van der Waals surface area contributed by atoms with Crippen LogP contribution in [0.25, 0.3) is 10.2 Å². The number of rotatable bonds is 6. The monoisotopic (exact) mass is 454 g/mol. The van der Waals surface area contributed by atoms with E-state index in [1.165, 1.54) is 11.3 Å². The lowest BCUT2D eigenvalue weighted by Gasteiger charge is -2.14. The van der Waals surface area contributed by atoms with Gasteiger partial charge in [0.1, 0.15) is 5.01 Å². The predicted octanol–water partition coefficient (Wildman–Crippen LogP) is 6.60. The number of para-hydroxylation sites is 1. The predicted molar refractivity (Wildman–Crippen MR) is 123 cm³/mol. The van der Waals surface area contributed by atoms with E-state index in [9.17, 15) is 9.59 Å². The van der Waals surface area contributed by atoms with Gasteiger partial charge in [-0.1, -0.05) is 65.7 Å². The molecule has 1 aromatic heterocycles. The largest absolute Gasteiger partial charge is 0.326 e. The van der Waals surface area contributed by atoms with Gasteiger partial charge in [-0.15, -0.1) is 11.3 Å². The molecule has 1 heterocycles. The Morgan fingerprint density at radius 2 is 1.67 bits per heavy atom. The van der Waals surface area contributed by atoms with Crippen LogP contribution in [0.3, 0.4) is 0 Å². The van der Waals surface area contributed by atoms with Crippen molar-refractivity contribution in [2.24, 2.45) is 0 Å². The van der Waals surface area contributed by atoms with Crippen molar-refractivity contribution < 1.29 is 9.59 Å². The van der Waals surface area contributed by atoms with E-state index >= 15 is 0 Å². The highest BCUT2D eigenvalue weighted by atomic mass is 35.5. The van der Waals surface area contributed by atoms with Gasteiger partial charge in [0, 0.05) is 17.7 Å². The number of carbonyl (C=O) groups is 2. The van der Waals surface area contributed by atoms with Gasteiger partial charge < -0.3 is 5.32 Å². The summed E-state index contributed by atoms with van der Waals surface area (Å²) in [4.78, 5) is 30.7. The average Bonchev–Trinajstić information content (AvgIpc) is 3.19. The van der Waals surface area contributed by atoms with Crippen LogP contribution < -0.4 is 5.32 Å². The molecular weight excluding hydrogens is 439 g/mol. The van der Waals surface area contributed by atoms with E-state index in [2.05, 4.69) is 10.3 Å². The molecule has 0 bridgehead atoms. The number of nitrogens with one attached hydrogen (secondary N) is 1. The molecule has 0 aliphatic rings. The molecule has 1 amide bonds. The fourth-order valence-corrected chi connectivity index (χ4v) is 4.47. The van der Waals surface area contributed by atoms with Crippen LogP contribution in [-0.4, -0.2) is 16.7 Å². The van der Waals surface area contributed by atoms with Crippen molar-refractivity contribution in [1.29, 1.82) is 0 Å². The van der Waals surface area contributed by atoms with Crippen molar-refractivity contribution in [3.63, 3.8) is 0 Å². The Kier molecular flexibility index (Phi) is 6.13. The number of amides is 1. The zero-order valence-electron chi connectivity index (χ0n) is 15.6. The maximum Gasteiger partial charge on any atom is 0.225 e. The third-order valence-electron chi connectivity index (χ3n) is 4.58. The minimum Gasteiger partial charge on any atom is -0.326 e. The molecule has 1 N–H and O–H groups in total. The fraction of sp³-hybridized carbons (Fsp3) is 0.0870. The normalized spacial score (nSPS) is 11.9. The molecule has 0 radical (unpaired) electrons. The third-order valence-corrected chi connectivity index (χ3v) is 6.47. The van der Waals surface area contributed by atoms with Crippen LogP contribution in [-0.2, 0) is 4.79 Å². The molecule has 0 spiro atoms. The standard InChI is InChI=1S/C23H16Cl2N2O2S/c24-17-11-10-15(12-18(17)25)26-21(28)13-16(22(29)14-6-2-1-3-7-14)23-27-19-8-4-5-9-20(19)30-23/h1-12,16H,13H2,(H,26,28)/t16-/m0/s1. The van der Waals surface area contributed by atoms with E-state index < -0.39 is 5.92 Å². The number of fused-ring (bicyclic) bond motifs is 1. The summed E-state index contributed by atoms with van der Waals surface area (Å²) in [6.45, 7) is 0. The molecule has 0 aliphatic carbocycles.